The summed E-state index contributed by atoms with van der Waals surface area (Å²) in [5.41, 5.74) is 1.49. The number of rotatable bonds is 6. The minimum absolute atomic E-state index is 0.0647. The highest BCUT2D eigenvalue weighted by Gasteiger charge is 2.02. The van der Waals surface area contributed by atoms with Gasteiger partial charge in [-0.2, -0.15) is 0 Å². The van der Waals surface area contributed by atoms with Crippen molar-refractivity contribution >= 4 is 12.0 Å². The monoisotopic (exact) mass is 341 g/mol. The predicted molar refractivity (Wildman–Crippen MR) is 94.5 cm³/mol. The van der Waals surface area contributed by atoms with Gasteiger partial charge in [-0.3, -0.25) is 4.79 Å². The van der Waals surface area contributed by atoms with Gasteiger partial charge in [-0.1, -0.05) is 30.4 Å². The lowest BCUT2D eigenvalue weighted by atomic mass is 10.2. The number of methoxy groups -OCH3 is 1. The molecule has 0 aliphatic rings. The second kappa shape index (κ2) is 8.44. The number of aromatic hydroxyl groups is 3. The molecule has 0 unspecified atom stereocenters. The number of ether oxygens (including phenoxy) is 1. The molecule has 2 rings (SSSR count). The lowest BCUT2D eigenvalue weighted by molar-refractivity contribution is -0.116. The molecular formula is C19H19NO5. The summed E-state index contributed by atoms with van der Waals surface area (Å²) in [5.74, 6) is -0.281. The van der Waals surface area contributed by atoms with Crippen molar-refractivity contribution in [3.05, 3.63) is 65.8 Å². The number of hydrogen-bond donors (Lipinski definition) is 4. The van der Waals surface area contributed by atoms with E-state index in [9.17, 15) is 20.1 Å². The highest BCUT2D eigenvalue weighted by molar-refractivity contribution is 5.87. The van der Waals surface area contributed by atoms with Gasteiger partial charge in [0.25, 0.3) is 0 Å². The van der Waals surface area contributed by atoms with Crippen molar-refractivity contribution < 1.29 is 24.9 Å². The van der Waals surface area contributed by atoms with Crippen molar-refractivity contribution in [1.82, 2.24) is 5.32 Å². The Morgan fingerprint density at radius 1 is 1.04 bits per heavy atom. The number of amides is 1. The Kier molecular flexibility index (Phi) is 6.06. The van der Waals surface area contributed by atoms with Crippen molar-refractivity contribution in [3.63, 3.8) is 0 Å². The van der Waals surface area contributed by atoms with Crippen molar-refractivity contribution in [3.8, 4) is 23.0 Å². The Labute approximate surface area is 145 Å². The Balaban J connectivity index is 1.86. The molecule has 0 heterocycles. The summed E-state index contributed by atoms with van der Waals surface area (Å²) >= 11 is 0. The summed E-state index contributed by atoms with van der Waals surface area (Å²) in [6.07, 6.45) is 6.42. The van der Waals surface area contributed by atoms with E-state index >= 15 is 0 Å². The van der Waals surface area contributed by atoms with Gasteiger partial charge in [0, 0.05) is 12.6 Å². The minimum Gasteiger partial charge on any atom is -0.504 e. The zero-order valence-electron chi connectivity index (χ0n) is 13.6. The fourth-order valence-corrected chi connectivity index (χ4v) is 2.03. The van der Waals surface area contributed by atoms with Crippen LogP contribution in [0.3, 0.4) is 0 Å². The van der Waals surface area contributed by atoms with E-state index in [4.69, 9.17) is 4.74 Å². The number of phenolic OH excluding ortho intramolecular Hbond substituents is 3. The first kappa shape index (κ1) is 17.9. The average Bonchev–Trinajstić information content (AvgIpc) is 2.61. The summed E-state index contributed by atoms with van der Waals surface area (Å²) in [5, 5.41) is 30.8. The first-order valence-corrected chi connectivity index (χ1v) is 7.50. The summed E-state index contributed by atoms with van der Waals surface area (Å²) < 4.78 is 5.02. The fraction of sp³-hybridized carbons (Fsp3) is 0.105. The molecule has 0 saturated carbocycles. The van der Waals surface area contributed by atoms with Gasteiger partial charge in [0.2, 0.25) is 5.91 Å². The molecule has 2 aromatic carbocycles. The van der Waals surface area contributed by atoms with E-state index in [2.05, 4.69) is 5.32 Å². The van der Waals surface area contributed by atoms with Crippen LogP contribution in [0.25, 0.3) is 6.08 Å². The molecule has 6 nitrogen and oxygen atoms in total. The third-order valence-corrected chi connectivity index (χ3v) is 3.36. The molecule has 4 N–H and O–H groups in total. The summed E-state index contributed by atoms with van der Waals surface area (Å²) in [4.78, 5) is 11.7. The van der Waals surface area contributed by atoms with Gasteiger partial charge < -0.3 is 25.4 Å². The molecule has 0 aliphatic carbocycles. The van der Waals surface area contributed by atoms with Gasteiger partial charge in [-0.05, 0) is 35.4 Å². The Morgan fingerprint density at radius 2 is 1.80 bits per heavy atom. The molecule has 25 heavy (non-hydrogen) atoms. The molecule has 0 aromatic heterocycles. The fourth-order valence-electron chi connectivity index (χ4n) is 2.03. The largest absolute Gasteiger partial charge is 0.504 e. The Morgan fingerprint density at radius 3 is 2.52 bits per heavy atom. The smallest absolute Gasteiger partial charge is 0.244 e. The molecule has 1 amide bonds. The van der Waals surface area contributed by atoms with Crippen LogP contribution in [0.4, 0.5) is 0 Å². The first-order chi connectivity index (χ1) is 12.0. The van der Waals surface area contributed by atoms with E-state index in [-0.39, 0.29) is 29.7 Å². The van der Waals surface area contributed by atoms with Crippen LogP contribution >= 0.6 is 0 Å². The summed E-state index contributed by atoms with van der Waals surface area (Å²) in [6, 6.07) is 9.29. The zero-order chi connectivity index (χ0) is 18.2. The standard InChI is InChI=1S/C19H19NO5/c1-25-18-11-13(6-9-16(18)22)4-2-3-5-19(24)20-12-14-7-8-15(21)17(23)10-14/h2-11,21-23H,12H2,1H3,(H,20,24)/b4-2+,5-3+. The number of phenols is 3. The van der Waals surface area contributed by atoms with Crippen LogP contribution in [0.2, 0.25) is 0 Å². The molecule has 0 bridgehead atoms. The molecule has 0 atom stereocenters. The second-order valence-corrected chi connectivity index (χ2v) is 5.19. The number of hydrogen-bond acceptors (Lipinski definition) is 5. The molecule has 2 aromatic rings. The van der Waals surface area contributed by atoms with Crippen LogP contribution < -0.4 is 10.1 Å². The van der Waals surface area contributed by atoms with Crippen LogP contribution in [0.15, 0.2) is 54.6 Å². The van der Waals surface area contributed by atoms with E-state index in [1.807, 2.05) is 0 Å². The first-order valence-electron chi connectivity index (χ1n) is 7.50. The Bertz CT molecular complexity index is 811. The van der Waals surface area contributed by atoms with Crippen LogP contribution in [0.1, 0.15) is 11.1 Å². The van der Waals surface area contributed by atoms with Crippen LogP contribution in [0, 0.1) is 0 Å². The quantitative estimate of drug-likeness (QED) is 0.368. The molecule has 0 spiro atoms. The van der Waals surface area contributed by atoms with Crippen LogP contribution in [-0.2, 0) is 11.3 Å². The van der Waals surface area contributed by atoms with Crippen molar-refractivity contribution in [1.29, 1.82) is 0 Å². The normalized spacial score (nSPS) is 11.1. The van der Waals surface area contributed by atoms with E-state index in [1.54, 1.807) is 36.4 Å². The number of carbonyl (C=O) groups is 1. The molecule has 130 valence electrons. The lowest BCUT2D eigenvalue weighted by Crippen LogP contribution is -2.20. The summed E-state index contributed by atoms with van der Waals surface area (Å²) in [6.45, 7) is 0.232. The SMILES string of the molecule is COc1cc(/C=C/C=C/C(=O)NCc2ccc(O)c(O)c2)ccc1O. The van der Waals surface area contributed by atoms with Gasteiger partial charge in [-0.15, -0.1) is 0 Å². The van der Waals surface area contributed by atoms with E-state index in [1.165, 1.54) is 31.4 Å². The minimum atomic E-state index is -0.291. The van der Waals surface area contributed by atoms with Gasteiger partial charge in [0.05, 0.1) is 7.11 Å². The number of benzene rings is 2. The van der Waals surface area contributed by atoms with E-state index in [0.29, 0.717) is 11.3 Å². The molecule has 0 fully saturated rings. The predicted octanol–water partition coefficient (Wildman–Crippen LogP) is 2.70. The average molecular weight is 341 g/mol. The molecule has 0 saturated heterocycles. The maximum atomic E-state index is 11.7. The van der Waals surface area contributed by atoms with Gasteiger partial charge in [-0.25, -0.2) is 0 Å². The highest BCUT2D eigenvalue weighted by atomic mass is 16.5. The molecular weight excluding hydrogens is 322 g/mol. The van der Waals surface area contributed by atoms with Gasteiger partial charge >= 0.3 is 0 Å². The van der Waals surface area contributed by atoms with E-state index in [0.717, 1.165) is 5.56 Å². The molecule has 0 aliphatic heterocycles. The highest BCUT2D eigenvalue weighted by Crippen LogP contribution is 2.26. The lowest BCUT2D eigenvalue weighted by Gasteiger charge is -2.04. The topological polar surface area (TPSA) is 99.0 Å². The zero-order valence-corrected chi connectivity index (χ0v) is 13.6. The number of carbonyl (C=O) groups excluding carboxylic acids is 1. The maximum Gasteiger partial charge on any atom is 0.244 e. The summed E-state index contributed by atoms with van der Waals surface area (Å²) in [7, 11) is 1.47. The van der Waals surface area contributed by atoms with Crippen LogP contribution in [0.5, 0.6) is 23.0 Å². The number of allylic oxidation sites excluding steroid dienone is 2. The van der Waals surface area contributed by atoms with Gasteiger partial charge in [0.15, 0.2) is 23.0 Å². The van der Waals surface area contributed by atoms with Crippen LogP contribution in [-0.4, -0.2) is 28.3 Å². The number of nitrogens with one attached hydrogen (secondary N) is 1. The van der Waals surface area contributed by atoms with E-state index < -0.39 is 0 Å². The third-order valence-electron chi connectivity index (χ3n) is 3.36. The van der Waals surface area contributed by atoms with Crippen molar-refractivity contribution in [2.45, 2.75) is 6.54 Å². The second-order valence-electron chi connectivity index (χ2n) is 5.19. The Hall–Kier alpha value is -3.41. The maximum absolute atomic E-state index is 11.7. The molecule has 6 heteroatoms. The third kappa shape index (κ3) is 5.31. The van der Waals surface area contributed by atoms with Gasteiger partial charge in [0.1, 0.15) is 0 Å². The van der Waals surface area contributed by atoms with Crippen molar-refractivity contribution in [2.75, 3.05) is 7.11 Å². The molecule has 0 radical (unpaired) electrons. The van der Waals surface area contributed by atoms with Crippen molar-refractivity contribution in [2.24, 2.45) is 0 Å².